The van der Waals surface area contributed by atoms with E-state index in [1.807, 2.05) is 29.4 Å². The van der Waals surface area contributed by atoms with E-state index in [2.05, 4.69) is 4.98 Å². The molecule has 1 heterocycles. The first-order valence-electron chi connectivity index (χ1n) is 6.75. The number of amides is 1. The van der Waals surface area contributed by atoms with Crippen molar-refractivity contribution in [1.29, 1.82) is 0 Å². The van der Waals surface area contributed by atoms with Gasteiger partial charge in [-0.2, -0.15) is 0 Å². The van der Waals surface area contributed by atoms with Crippen molar-refractivity contribution in [3.8, 4) is 0 Å². The number of hydrogen-bond acceptors (Lipinski definition) is 3. The smallest absolute Gasteiger partial charge is 0.224 e. The molecule has 108 valence electrons. The van der Waals surface area contributed by atoms with Crippen LogP contribution in [0.1, 0.15) is 20.3 Å². The Labute approximate surface area is 123 Å². The highest BCUT2D eigenvalue weighted by atomic mass is 35.5. The molecule has 0 aliphatic carbocycles. The fourth-order valence-corrected chi connectivity index (χ4v) is 2.46. The Bertz CT molecular complexity index is 619. The molecule has 0 aliphatic heterocycles. The van der Waals surface area contributed by atoms with Gasteiger partial charge < -0.3 is 15.2 Å². The number of carbonyl (C=O) groups is 1. The fraction of sp³-hybridized carbons (Fsp3) is 0.429. The maximum absolute atomic E-state index is 12.0. The summed E-state index contributed by atoms with van der Waals surface area (Å²) >= 11 is 5.94. The van der Waals surface area contributed by atoms with Gasteiger partial charge in [-0.3, -0.25) is 4.79 Å². The molecule has 0 unspecified atom stereocenters. The zero-order valence-corrected chi connectivity index (χ0v) is 12.5. The van der Waals surface area contributed by atoms with E-state index in [9.17, 15) is 4.79 Å². The van der Waals surface area contributed by atoms with Gasteiger partial charge >= 0.3 is 0 Å². The van der Waals surface area contributed by atoms with Crippen molar-refractivity contribution < 1.29 is 4.79 Å². The third kappa shape index (κ3) is 2.88. The minimum absolute atomic E-state index is 0.130. The van der Waals surface area contributed by atoms with Gasteiger partial charge in [0, 0.05) is 31.1 Å². The summed E-state index contributed by atoms with van der Waals surface area (Å²) in [6, 6.07) is 5.45. The quantitative estimate of drug-likeness (QED) is 0.921. The van der Waals surface area contributed by atoms with E-state index < -0.39 is 0 Å². The molecule has 6 heteroatoms. The van der Waals surface area contributed by atoms with Gasteiger partial charge in [0.1, 0.15) is 0 Å². The van der Waals surface area contributed by atoms with Crippen molar-refractivity contribution in [1.82, 2.24) is 14.5 Å². The second-order valence-corrected chi connectivity index (χ2v) is 5.01. The van der Waals surface area contributed by atoms with Crippen LogP contribution in [0.2, 0.25) is 5.02 Å². The van der Waals surface area contributed by atoms with Gasteiger partial charge in [0.05, 0.1) is 11.0 Å². The van der Waals surface area contributed by atoms with E-state index in [0.717, 1.165) is 24.1 Å². The van der Waals surface area contributed by atoms with E-state index in [-0.39, 0.29) is 5.91 Å². The van der Waals surface area contributed by atoms with Gasteiger partial charge in [-0.1, -0.05) is 11.6 Å². The van der Waals surface area contributed by atoms with Crippen LogP contribution in [0.15, 0.2) is 18.2 Å². The number of nitrogen functional groups attached to an aromatic ring is 1. The number of benzene rings is 1. The van der Waals surface area contributed by atoms with Crippen LogP contribution in [-0.2, 0) is 11.3 Å². The van der Waals surface area contributed by atoms with Crippen LogP contribution in [-0.4, -0.2) is 33.4 Å². The molecule has 0 saturated carbocycles. The Kier molecular flexibility index (Phi) is 4.49. The third-order valence-corrected chi connectivity index (χ3v) is 3.64. The number of nitrogens with two attached hydrogens (primary N) is 1. The van der Waals surface area contributed by atoms with Crippen LogP contribution >= 0.6 is 11.6 Å². The molecule has 1 aromatic carbocycles. The molecule has 0 aliphatic rings. The standard InChI is InChI=1S/C14H19ClN4O/c1-3-18(4-2)13(20)7-8-19-12-6-5-10(15)9-11(12)17-14(19)16/h5-6,9H,3-4,7-8H2,1-2H3,(H2,16,17). The highest BCUT2D eigenvalue weighted by Crippen LogP contribution is 2.22. The normalized spacial score (nSPS) is 10.9. The lowest BCUT2D eigenvalue weighted by Gasteiger charge is -2.18. The summed E-state index contributed by atoms with van der Waals surface area (Å²) in [4.78, 5) is 18.1. The number of halogens is 1. The van der Waals surface area contributed by atoms with Crippen molar-refractivity contribution in [2.24, 2.45) is 0 Å². The lowest BCUT2D eigenvalue weighted by Crippen LogP contribution is -2.31. The number of anilines is 1. The number of carbonyl (C=O) groups excluding carboxylic acids is 1. The number of aromatic nitrogens is 2. The van der Waals surface area contributed by atoms with Crippen molar-refractivity contribution in [2.45, 2.75) is 26.8 Å². The van der Waals surface area contributed by atoms with Gasteiger partial charge in [0.15, 0.2) is 0 Å². The van der Waals surface area contributed by atoms with E-state index in [1.54, 1.807) is 12.1 Å². The average molecular weight is 295 g/mol. The second-order valence-electron chi connectivity index (χ2n) is 4.57. The number of aryl methyl sites for hydroxylation is 1. The van der Waals surface area contributed by atoms with Crippen molar-refractivity contribution in [3.63, 3.8) is 0 Å². The summed E-state index contributed by atoms with van der Waals surface area (Å²) < 4.78 is 1.85. The first kappa shape index (κ1) is 14.7. The summed E-state index contributed by atoms with van der Waals surface area (Å²) in [6.07, 6.45) is 0.417. The molecule has 0 atom stereocenters. The summed E-state index contributed by atoms with van der Waals surface area (Å²) in [7, 11) is 0. The molecule has 1 aromatic heterocycles. The van der Waals surface area contributed by atoms with E-state index in [1.165, 1.54) is 0 Å². The molecule has 2 aromatic rings. The first-order valence-corrected chi connectivity index (χ1v) is 7.13. The molecule has 2 N–H and O–H groups in total. The highest BCUT2D eigenvalue weighted by Gasteiger charge is 2.13. The number of fused-ring (bicyclic) bond motifs is 1. The van der Waals surface area contributed by atoms with E-state index >= 15 is 0 Å². The second kappa shape index (κ2) is 6.13. The van der Waals surface area contributed by atoms with Crippen LogP contribution in [0.25, 0.3) is 11.0 Å². The SMILES string of the molecule is CCN(CC)C(=O)CCn1c(N)nc2cc(Cl)ccc21. The maximum atomic E-state index is 12.0. The molecule has 20 heavy (non-hydrogen) atoms. The van der Waals surface area contributed by atoms with Crippen molar-refractivity contribution >= 4 is 34.5 Å². The van der Waals surface area contributed by atoms with Crippen LogP contribution in [0, 0.1) is 0 Å². The molecular weight excluding hydrogens is 276 g/mol. The number of nitrogens with zero attached hydrogens (tertiary/aromatic N) is 3. The van der Waals surface area contributed by atoms with Crippen LogP contribution in [0.5, 0.6) is 0 Å². The summed E-state index contributed by atoms with van der Waals surface area (Å²) in [6.45, 7) is 5.93. The predicted molar refractivity (Wildman–Crippen MR) is 81.7 cm³/mol. The first-order chi connectivity index (χ1) is 9.56. The molecule has 2 rings (SSSR count). The molecule has 0 fully saturated rings. The fourth-order valence-electron chi connectivity index (χ4n) is 2.30. The van der Waals surface area contributed by atoms with Gasteiger partial charge in [-0.15, -0.1) is 0 Å². The molecule has 0 saturated heterocycles. The minimum Gasteiger partial charge on any atom is -0.369 e. The van der Waals surface area contributed by atoms with Crippen LogP contribution in [0.3, 0.4) is 0 Å². The molecular formula is C14H19ClN4O. The largest absolute Gasteiger partial charge is 0.369 e. The molecule has 0 radical (unpaired) electrons. The Hall–Kier alpha value is -1.75. The third-order valence-electron chi connectivity index (χ3n) is 3.41. The Morgan fingerprint density at radius 2 is 2.10 bits per heavy atom. The lowest BCUT2D eigenvalue weighted by atomic mass is 10.3. The minimum atomic E-state index is 0.130. The zero-order valence-electron chi connectivity index (χ0n) is 11.8. The molecule has 0 spiro atoms. The zero-order chi connectivity index (χ0) is 14.7. The molecule has 1 amide bonds. The van der Waals surface area contributed by atoms with Crippen molar-refractivity contribution in [2.75, 3.05) is 18.8 Å². The monoisotopic (exact) mass is 294 g/mol. The summed E-state index contributed by atoms with van der Waals surface area (Å²) in [5, 5.41) is 0.626. The van der Waals surface area contributed by atoms with E-state index in [0.29, 0.717) is 23.9 Å². The molecule has 0 bridgehead atoms. The van der Waals surface area contributed by atoms with Gasteiger partial charge in [0.2, 0.25) is 11.9 Å². The highest BCUT2D eigenvalue weighted by molar-refractivity contribution is 6.31. The number of hydrogen-bond donors (Lipinski definition) is 1. The Morgan fingerprint density at radius 1 is 1.40 bits per heavy atom. The van der Waals surface area contributed by atoms with Gasteiger partial charge in [0.25, 0.3) is 0 Å². The molecule has 5 nitrogen and oxygen atoms in total. The maximum Gasteiger partial charge on any atom is 0.224 e. The predicted octanol–water partition coefficient (Wildman–Crippen LogP) is 2.53. The van der Waals surface area contributed by atoms with Gasteiger partial charge in [-0.05, 0) is 32.0 Å². The van der Waals surface area contributed by atoms with Crippen LogP contribution in [0.4, 0.5) is 5.95 Å². The van der Waals surface area contributed by atoms with Crippen LogP contribution < -0.4 is 5.73 Å². The summed E-state index contributed by atoms with van der Waals surface area (Å²) in [5.74, 6) is 0.542. The lowest BCUT2D eigenvalue weighted by molar-refractivity contribution is -0.131. The number of rotatable bonds is 5. The Balaban J connectivity index is 2.18. The average Bonchev–Trinajstić information content (AvgIpc) is 2.72. The summed E-state index contributed by atoms with van der Waals surface area (Å²) in [5.41, 5.74) is 7.57. The van der Waals surface area contributed by atoms with Crippen molar-refractivity contribution in [3.05, 3.63) is 23.2 Å². The topological polar surface area (TPSA) is 64.2 Å². The Morgan fingerprint density at radius 3 is 2.75 bits per heavy atom. The van der Waals surface area contributed by atoms with E-state index in [4.69, 9.17) is 17.3 Å². The van der Waals surface area contributed by atoms with Gasteiger partial charge in [-0.25, -0.2) is 4.98 Å². The number of imidazole rings is 1.